The Kier molecular flexibility index (Phi) is 3.71. The first kappa shape index (κ1) is 12.0. The molecule has 0 aliphatic carbocycles. The monoisotopic (exact) mass is 228 g/mol. The average Bonchev–Trinajstić information content (AvgIpc) is 2.14. The van der Waals surface area contributed by atoms with E-state index in [0.717, 1.165) is 6.42 Å². The summed E-state index contributed by atoms with van der Waals surface area (Å²) in [4.78, 5) is 0.193. The lowest BCUT2D eigenvalue weighted by Crippen LogP contribution is -2.26. The molecule has 0 saturated heterocycles. The molecule has 1 aromatic rings. The van der Waals surface area contributed by atoms with E-state index in [1.807, 2.05) is 6.92 Å². The van der Waals surface area contributed by atoms with Crippen LogP contribution in [0.3, 0.4) is 0 Å². The highest BCUT2D eigenvalue weighted by atomic mass is 32.2. The Morgan fingerprint density at radius 1 is 1.40 bits per heavy atom. The Morgan fingerprint density at radius 3 is 2.60 bits per heavy atom. The summed E-state index contributed by atoms with van der Waals surface area (Å²) in [5.74, 6) is 0. The van der Waals surface area contributed by atoms with Gasteiger partial charge in [0.1, 0.15) is 4.90 Å². The summed E-state index contributed by atoms with van der Waals surface area (Å²) < 4.78 is 26.2. The van der Waals surface area contributed by atoms with Crippen molar-refractivity contribution < 1.29 is 8.42 Å². The van der Waals surface area contributed by atoms with Gasteiger partial charge in [-0.05, 0) is 25.0 Å². The Bertz CT molecular complexity index is 420. The van der Waals surface area contributed by atoms with Crippen molar-refractivity contribution in [3.05, 3.63) is 23.8 Å². The minimum Gasteiger partial charge on any atom is -0.398 e. The van der Waals surface area contributed by atoms with E-state index in [1.165, 1.54) is 0 Å². The van der Waals surface area contributed by atoms with Gasteiger partial charge in [-0.1, -0.05) is 19.1 Å². The summed E-state index contributed by atoms with van der Waals surface area (Å²) in [7, 11) is -3.46. The van der Waals surface area contributed by atoms with Crippen LogP contribution in [0.5, 0.6) is 0 Å². The van der Waals surface area contributed by atoms with Crippen molar-refractivity contribution in [2.45, 2.75) is 25.2 Å². The number of hydrogen-bond acceptors (Lipinski definition) is 3. The third-order valence-electron chi connectivity index (χ3n) is 2.05. The molecule has 0 fully saturated rings. The van der Waals surface area contributed by atoms with Crippen molar-refractivity contribution in [3.63, 3.8) is 0 Å². The normalized spacial score (nSPS) is 11.6. The first-order valence-corrected chi connectivity index (χ1v) is 6.32. The van der Waals surface area contributed by atoms with Gasteiger partial charge in [-0.2, -0.15) is 0 Å². The zero-order valence-corrected chi connectivity index (χ0v) is 9.76. The molecule has 0 unspecified atom stereocenters. The number of rotatable bonds is 4. The molecule has 0 radical (unpaired) electrons. The predicted molar refractivity (Wildman–Crippen MR) is 61.1 cm³/mol. The molecule has 1 aromatic carbocycles. The molecule has 1 rings (SSSR count). The lowest BCUT2D eigenvalue weighted by Gasteiger charge is -2.10. The van der Waals surface area contributed by atoms with Crippen LogP contribution >= 0.6 is 0 Å². The SMILES string of the molecule is CCCNS(=O)(=O)c1c(C)cccc1N. The molecule has 0 aliphatic rings. The highest BCUT2D eigenvalue weighted by Crippen LogP contribution is 2.21. The number of sulfonamides is 1. The van der Waals surface area contributed by atoms with Crippen molar-refractivity contribution in [2.75, 3.05) is 12.3 Å². The second-order valence-electron chi connectivity index (χ2n) is 3.39. The van der Waals surface area contributed by atoms with Crippen LogP contribution in [-0.4, -0.2) is 15.0 Å². The van der Waals surface area contributed by atoms with E-state index in [9.17, 15) is 8.42 Å². The molecule has 0 bridgehead atoms. The van der Waals surface area contributed by atoms with Crippen molar-refractivity contribution in [3.8, 4) is 0 Å². The number of nitrogens with two attached hydrogens (primary N) is 1. The summed E-state index contributed by atoms with van der Waals surface area (Å²) in [5, 5.41) is 0. The van der Waals surface area contributed by atoms with Gasteiger partial charge in [0.15, 0.2) is 0 Å². The summed E-state index contributed by atoms with van der Waals surface area (Å²) in [6, 6.07) is 5.06. The Labute approximate surface area is 90.5 Å². The van der Waals surface area contributed by atoms with E-state index in [2.05, 4.69) is 4.72 Å². The van der Waals surface area contributed by atoms with E-state index >= 15 is 0 Å². The third kappa shape index (κ3) is 2.70. The van der Waals surface area contributed by atoms with E-state index < -0.39 is 10.0 Å². The summed E-state index contributed by atoms with van der Waals surface area (Å²) in [6.45, 7) is 4.07. The maximum Gasteiger partial charge on any atom is 0.242 e. The first-order chi connectivity index (χ1) is 6.99. The molecule has 0 atom stereocenters. The van der Waals surface area contributed by atoms with Crippen LogP contribution in [-0.2, 0) is 10.0 Å². The van der Waals surface area contributed by atoms with Crippen molar-refractivity contribution in [1.29, 1.82) is 0 Å². The van der Waals surface area contributed by atoms with Crippen LogP contribution in [0.15, 0.2) is 23.1 Å². The highest BCUT2D eigenvalue weighted by Gasteiger charge is 2.18. The van der Waals surface area contributed by atoms with Gasteiger partial charge in [-0.3, -0.25) is 0 Å². The second kappa shape index (κ2) is 4.63. The lowest BCUT2D eigenvalue weighted by atomic mass is 10.2. The fourth-order valence-corrected chi connectivity index (χ4v) is 2.84. The smallest absolute Gasteiger partial charge is 0.242 e. The largest absolute Gasteiger partial charge is 0.398 e. The number of aryl methyl sites for hydroxylation is 1. The molecule has 0 amide bonds. The van der Waals surface area contributed by atoms with E-state index in [-0.39, 0.29) is 4.90 Å². The molecule has 4 nitrogen and oxygen atoms in total. The zero-order chi connectivity index (χ0) is 11.5. The molecular weight excluding hydrogens is 212 g/mol. The van der Waals surface area contributed by atoms with Crippen LogP contribution in [0.2, 0.25) is 0 Å². The lowest BCUT2D eigenvalue weighted by molar-refractivity contribution is 0.580. The highest BCUT2D eigenvalue weighted by molar-refractivity contribution is 7.89. The van der Waals surface area contributed by atoms with Crippen LogP contribution in [0.4, 0.5) is 5.69 Å². The van der Waals surface area contributed by atoms with Gasteiger partial charge >= 0.3 is 0 Å². The van der Waals surface area contributed by atoms with Gasteiger partial charge in [0, 0.05) is 6.54 Å². The quantitative estimate of drug-likeness (QED) is 0.762. The summed E-state index contributed by atoms with van der Waals surface area (Å²) in [6.07, 6.45) is 0.755. The number of hydrogen-bond donors (Lipinski definition) is 2. The number of nitrogens with one attached hydrogen (secondary N) is 1. The van der Waals surface area contributed by atoms with Crippen molar-refractivity contribution >= 4 is 15.7 Å². The van der Waals surface area contributed by atoms with Gasteiger partial charge in [0.25, 0.3) is 0 Å². The molecule has 3 N–H and O–H groups in total. The van der Waals surface area contributed by atoms with Crippen LogP contribution in [0.1, 0.15) is 18.9 Å². The Balaban J connectivity index is 3.15. The van der Waals surface area contributed by atoms with Crippen molar-refractivity contribution in [2.24, 2.45) is 0 Å². The molecule has 5 heteroatoms. The van der Waals surface area contributed by atoms with Crippen molar-refractivity contribution in [1.82, 2.24) is 4.72 Å². The molecule has 0 spiro atoms. The van der Waals surface area contributed by atoms with Gasteiger partial charge < -0.3 is 5.73 Å². The first-order valence-electron chi connectivity index (χ1n) is 4.83. The maximum absolute atomic E-state index is 11.8. The molecule has 0 saturated carbocycles. The minimum atomic E-state index is -3.46. The average molecular weight is 228 g/mol. The summed E-state index contributed by atoms with van der Waals surface area (Å²) in [5.41, 5.74) is 6.62. The fraction of sp³-hybridized carbons (Fsp3) is 0.400. The topological polar surface area (TPSA) is 72.2 Å². The van der Waals surface area contributed by atoms with Crippen LogP contribution < -0.4 is 10.5 Å². The van der Waals surface area contributed by atoms with Gasteiger partial charge in [0.2, 0.25) is 10.0 Å². The van der Waals surface area contributed by atoms with Gasteiger partial charge in [-0.15, -0.1) is 0 Å². The molecule has 0 aromatic heterocycles. The fourth-order valence-electron chi connectivity index (χ4n) is 1.35. The molecule has 15 heavy (non-hydrogen) atoms. The second-order valence-corrected chi connectivity index (χ2v) is 5.09. The standard InChI is InChI=1S/C10H16N2O2S/c1-3-7-12-15(13,14)10-8(2)5-4-6-9(10)11/h4-6,12H,3,7,11H2,1-2H3. The maximum atomic E-state index is 11.8. The molecule has 0 aliphatic heterocycles. The van der Waals surface area contributed by atoms with E-state index in [0.29, 0.717) is 17.8 Å². The predicted octanol–water partition coefficient (Wildman–Crippen LogP) is 1.27. The zero-order valence-electron chi connectivity index (χ0n) is 8.95. The van der Waals surface area contributed by atoms with E-state index in [1.54, 1.807) is 25.1 Å². The minimum absolute atomic E-state index is 0.193. The number of benzene rings is 1. The van der Waals surface area contributed by atoms with Gasteiger partial charge in [-0.25, -0.2) is 13.1 Å². The Hall–Kier alpha value is -1.07. The molecule has 0 heterocycles. The number of nitrogen functional groups attached to an aromatic ring is 1. The van der Waals surface area contributed by atoms with Gasteiger partial charge in [0.05, 0.1) is 5.69 Å². The van der Waals surface area contributed by atoms with E-state index in [4.69, 9.17) is 5.73 Å². The molecule has 84 valence electrons. The van der Waals surface area contributed by atoms with Crippen LogP contribution in [0.25, 0.3) is 0 Å². The molecular formula is C10H16N2O2S. The summed E-state index contributed by atoms with van der Waals surface area (Å²) >= 11 is 0. The number of anilines is 1. The third-order valence-corrected chi connectivity index (χ3v) is 3.73. The Morgan fingerprint density at radius 2 is 2.07 bits per heavy atom. The van der Waals surface area contributed by atoms with Crippen LogP contribution in [0, 0.1) is 6.92 Å².